The van der Waals surface area contributed by atoms with Crippen molar-refractivity contribution in [2.45, 2.75) is 52.1 Å². The van der Waals surface area contributed by atoms with Gasteiger partial charge in [0.2, 0.25) is 5.91 Å². The number of aliphatic hydroxyl groups is 1. The molecule has 0 spiro atoms. The summed E-state index contributed by atoms with van der Waals surface area (Å²) >= 11 is 0. The summed E-state index contributed by atoms with van der Waals surface area (Å²) in [5.74, 6) is 0.231. The number of hydrogen-bond donors (Lipinski definition) is 3. The molecule has 0 saturated carbocycles. The number of nitrogens with one attached hydrogen (secondary N) is 1. The summed E-state index contributed by atoms with van der Waals surface area (Å²) in [4.78, 5) is 11.6. The Hall–Kier alpha value is -0.610. The van der Waals surface area contributed by atoms with Crippen LogP contribution in [0.3, 0.4) is 0 Å². The maximum Gasteiger partial charge on any atom is 0.220 e. The number of nitrogens with two attached hydrogens (primary N) is 1. The fourth-order valence-corrected chi connectivity index (χ4v) is 1.49. The van der Waals surface area contributed by atoms with Crippen LogP contribution in [0.1, 0.15) is 46.5 Å². The van der Waals surface area contributed by atoms with E-state index in [1.54, 1.807) is 0 Å². The van der Waals surface area contributed by atoms with E-state index < -0.39 is 5.60 Å². The Morgan fingerprint density at radius 2 is 1.94 bits per heavy atom. The summed E-state index contributed by atoms with van der Waals surface area (Å²) in [5.41, 5.74) is 4.77. The van der Waals surface area contributed by atoms with Crippen LogP contribution in [-0.2, 0) is 4.79 Å². The molecule has 96 valence electrons. The molecule has 0 aromatic rings. The Balaban J connectivity index is 3.97. The molecule has 4 N–H and O–H groups in total. The number of carbonyl (C=O) groups is 1. The van der Waals surface area contributed by atoms with Gasteiger partial charge in [-0.25, -0.2) is 0 Å². The fourth-order valence-electron chi connectivity index (χ4n) is 1.49. The van der Waals surface area contributed by atoms with E-state index in [4.69, 9.17) is 5.73 Å². The first-order valence-corrected chi connectivity index (χ1v) is 6.20. The molecular weight excluding hydrogens is 204 g/mol. The molecule has 0 fully saturated rings. The molecule has 0 rings (SSSR count). The van der Waals surface area contributed by atoms with Gasteiger partial charge < -0.3 is 16.2 Å². The molecule has 4 nitrogen and oxygen atoms in total. The minimum atomic E-state index is -0.764. The zero-order valence-corrected chi connectivity index (χ0v) is 10.8. The SMILES string of the molecule is CCC(CN)CC(=O)NCC(O)(CC)CC. The van der Waals surface area contributed by atoms with Gasteiger partial charge in [-0.05, 0) is 25.3 Å². The van der Waals surface area contributed by atoms with Crippen molar-refractivity contribution in [1.29, 1.82) is 0 Å². The number of amides is 1. The Kier molecular flexibility index (Phi) is 7.34. The van der Waals surface area contributed by atoms with Crippen molar-refractivity contribution in [2.24, 2.45) is 11.7 Å². The van der Waals surface area contributed by atoms with Crippen LogP contribution in [0.4, 0.5) is 0 Å². The fraction of sp³-hybridized carbons (Fsp3) is 0.917. The van der Waals surface area contributed by atoms with Crippen LogP contribution in [0.25, 0.3) is 0 Å². The first-order chi connectivity index (χ1) is 7.51. The lowest BCUT2D eigenvalue weighted by molar-refractivity contribution is -0.123. The zero-order chi connectivity index (χ0) is 12.6. The van der Waals surface area contributed by atoms with Gasteiger partial charge in [0.1, 0.15) is 0 Å². The van der Waals surface area contributed by atoms with Gasteiger partial charge in [0.05, 0.1) is 5.60 Å². The monoisotopic (exact) mass is 230 g/mol. The highest BCUT2D eigenvalue weighted by molar-refractivity contribution is 5.76. The van der Waals surface area contributed by atoms with E-state index >= 15 is 0 Å². The highest BCUT2D eigenvalue weighted by atomic mass is 16.3. The number of hydrogen-bond acceptors (Lipinski definition) is 3. The lowest BCUT2D eigenvalue weighted by atomic mass is 9.97. The van der Waals surface area contributed by atoms with Crippen LogP contribution in [0.5, 0.6) is 0 Å². The standard InChI is InChI=1S/C12H26N2O2/c1-4-10(8-13)7-11(15)14-9-12(16,5-2)6-3/h10,16H,4-9,13H2,1-3H3,(H,14,15). The van der Waals surface area contributed by atoms with E-state index in [2.05, 4.69) is 5.32 Å². The molecule has 1 amide bonds. The highest BCUT2D eigenvalue weighted by Crippen LogP contribution is 2.13. The van der Waals surface area contributed by atoms with Crippen molar-refractivity contribution in [3.63, 3.8) is 0 Å². The molecule has 0 aromatic heterocycles. The lowest BCUT2D eigenvalue weighted by Crippen LogP contribution is -2.42. The van der Waals surface area contributed by atoms with Gasteiger partial charge in [-0.1, -0.05) is 27.2 Å². The van der Waals surface area contributed by atoms with Gasteiger partial charge >= 0.3 is 0 Å². The second kappa shape index (κ2) is 7.63. The van der Waals surface area contributed by atoms with Crippen molar-refractivity contribution in [1.82, 2.24) is 5.32 Å². The van der Waals surface area contributed by atoms with Crippen LogP contribution in [0.15, 0.2) is 0 Å². The van der Waals surface area contributed by atoms with Crippen LogP contribution in [-0.4, -0.2) is 29.7 Å². The summed E-state index contributed by atoms with van der Waals surface area (Å²) in [6.45, 7) is 6.74. The molecule has 1 atom stereocenters. The van der Waals surface area contributed by atoms with Gasteiger partial charge in [-0.15, -0.1) is 0 Å². The van der Waals surface area contributed by atoms with Gasteiger partial charge in [0.15, 0.2) is 0 Å². The third-order valence-corrected chi connectivity index (χ3v) is 3.32. The summed E-state index contributed by atoms with van der Waals surface area (Å²) in [7, 11) is 0. The maximum atomic E-state index is 11.6. The van der Waals surface area contributed by atoms with Gasteiger partial charge in [-0.2, -0.15) is 0 Å². The third-order valence-electron chi connectivity index (χ3n) is 3.32. The summed E-state index contributed by atoms with van der Waals surface area (Å²) in [6, 6.07) is 0. The first kappa shape index (κ1) is 15.4. The van der Waals surface area contributed by atoms with Crippen molar-refractivity contribution in [2.75, 3.05) is 13.1 Å². The Morgan fingerprint density at radius 3 is 2.31 bits per heavy atom. The average Bonchev–Trinajstić information content (AvgIpc) is 2.33. The molecule has 4 heteroatoms. The predicted octanol–water partition coefficient (Wildman–Crippen LogP) is 1.03. The Bertz CT molecular complexity index is 199. The summed E-state index contributed by atoms with van der Waals surface area (Å²) < 4.78 is 0. The lowest BCUT2D eigenvalue weighted by Gasteiger charge is -2.25. The second-order valence-electron chi connectivity index (χ2n) is 4.42. The smallest absolute Gasteiger partial charge is 0.220 e. The molecule has 0 aliphatic heterocycles. The molecular formula is C12H26N2O2. The third kappa shape index (κ3) is 5.47. The van der Waals surface area contributed by atoms with Crippen molar-refractivity contribution in [3.8, 4) is 0 Å². The van der Waals surface area contributed by atoms with E-state index in [1.165, 1.54) is 0 Å². The van der Waals surface area contributed by atoms with Crippen LogP contribution < -0.4 is 11.1 Å². The average molecular weight is 230 g/mol. The van der Waals surface area contributed by atoms with E-state index in [0.717, 1.165) is 6.42 Å². The second-order valence-corrected chi connectivity index (χ2v) is 4.42. The van der Waals surface area contributed by atoms with Crippen molar-refractivity contribution < 1.29 is 9.90 Å². The maximum absolute atomic E-state index is 11.6. The normalized spacial score (nSPS) is 13.6. The molecule has 0 aliphatic rings. The zero-order valence-electron chi connectivity index (χ0n) is 10.8. The van der Waals surface area contributed by atoms with Crippen molar-refractivity contribution >= 4 is 5.91 Å². The quantitative estimate of drug-likeness (QED) is 0.583. The highest BCUT2D eigenvalue weighted by Gasteiger charge is 2.23. The molecule has 0 heterocycles. The molecule has 16 heavy (non-hydrogen) atoms. The molecule has 1 unspecified atom stereocenters. The van der Waals surface area contributed by atoms with Crippen LogP contribution in [0, 0.1) is 5.92 Å². The summed E-state index contributed by atoms with van der Waals surface area (Å²) in [5, 5.41) is 12.8. The number of rotatable bonds is 8. The largest absolute Gasteiger partial charge is 0.388 e. The van der Waals surface area contributed by atoms with Crippen LogP contribution in [0.2, 0.25) is 0 Å². The molecule has 0 aromatic carbocycles. The predicted molar refractivity (Wildman–Crippen MR) is 66.0 cm³/mol. The van der Waals surface area contributed by atoms with Gasteiger partial charge in [0, 0.05) is 13.0 Å². The van der Waals surface area contributed by atoms with E-state index in [1.807, 2.05) is 20.8 Å². The minimum absolute atomic E-state index is 0.0161. The first-order valence-electron chi connectivity index (χ1n) is 6.20. The molecule has 0 aliphatic carbocycles. The van der Waals surface area contributed by atoms with E-state index in [-0.39, 0.29) is 11.8 Å². The minimum Gasteiger partial charge on any atom is -0.388 e. The summed E-state index contributed by atoms with van der Waals surface area (Å²) in [6.07, 6.45) is 2.67. The van der Waals surface area contributed by atoms with E-state index in [0.29, 0.717) is 32.4 Å². The Labute approximate surface area is 98.6 Å². The molecule has 0 saturated heterocycles. The van der Waals surface area contributed by atoms with Crippen molar-refractivity contribution in [3.05, 3.63) is 0 Å². The number of carbonyl (C=O) groups excluding carboxylic acids is 1. The molecule has 0 bridgehead atoms. The van der Waals surface area contributed by atoms with E-state index in [9.17, 15) is 9.90 Å². The topological polar surface area (TPSA) is 75.4 Å². The molecule has 0 radical (unpaired) electrons. The Morgan fingerprint density at radius 1 is 1.38 bits per heavy atom. The van der Waals surface area contributed by atoms with Crippen LogP contribution >= 0.6 is 0 Å². The van der Waals surface area contributed by atoms with Gasteiger partial charge in [0.25, 0.3) is 0 Å². The van der Waals surface area contributed by atoms with Gasteiger partial charge in [-0.3, -0.25) is 4.79 Å².